The molecule has 0 atom stereocenters. The van der Waals surface area contributed by atoms with Crippen molar-refractivity contribution >= 4 is 12.2 Å². The Morgan fingerprint density at radius 1 is 0.810 bits per heavy atom. The zero-order valence-corrected chi connectivity index (χ0v) is 13.1. The quantitative estimate of drug-likeness (QED) is 0.565. The van der Waals surface area contributed by atoms with E-state index in [4.69, 9.17) is 0 Å². The highest BCUT2D eigenvalue weighted by atomic mass is 16.1. The molecule has 0 unspecified atom stereocenters. The third kappa shape index (κ3) is 3.17. The lowest BCUT2D eigenvalue weighted by molar-refractivity contribution is 0.0855. The van der Waals surface area contributed by atoms with Crippen LogP contribution in [0.1, 0.15) is 77.6 Å². The largest absolute Gasteiger partial charge is 0.235 e. The van der Waals surface area contributed by atoms with E-state index in [1.165, 1.54) is 12.8 Å². The molecule has 0 aromatic heterocycles. The monoisotopic (exact) mass is 290 g/mol. The normalized spacial score (nSPS) is 25.2. The molecule has 2 rings (SSSR count). The lowest BCUT2D eigenvalue weighted by atomic mass is 9.60. The van der Waals surface area contributed by atoms with Crippen LogP contribution in [-0.2, 0) is 9.59 Å². The van der Waals surface area contributed by atoms with E-state index in [9.17, 15) is 9.59 Å². The molecule has 0 saturated heterocycles. The molecule has 0 aliphatic heterocycles. The van der Waals surface area contributed by atoms with Crippen molar-refractivity contribution in [1.29, 1.82) is 0 Å². The average molecular weight is 290 g/mol. The minimum absolute atomic E-state index is 0.161. The molecule has 2 aliphatic rings. The Labute approximate surface area is 127 Å². The molecule has 0 spiro atoms. The van der Waals surface area contributed by atoms with Gasteiger partial charge in [-0.25, -0.2) is 9.59 Å². The molecule has 0 aromatic carbocycles. The first-order chi connectivity index (χ1) is 10.2. The second-order valence-electron chi connectivity index (χ2n) is 6.70. The highest BCUT2D eigenvalue weighted by molar-refractivity contribution is 5.38. The third-order valence-electron chi connectivity index (χ3n) is 5.68. The minimum atomic E-state index is -0.355. The molecule has 0 amide bonds. The molecule has 2 aliphatic carbocycles. The lowest BCUT2D eigenvalue weighted by Gasteiger charge is -2.48. The Hall–Kier alpha value is -1.24. The van der Waals surface area contributed by atoms with E-state index in [1.54, 1.807) is 0 Å². The van der Waals surface area contributed by atoms with Crippen molar-refractivity contribution in [2.24, 2.45) is 15.9 Å². The van der Waals surface area contributed by atoms with E-state index >= 15 is 0 Å². The van der Waals surface area contributed by atoms with Gasteiger partial charge in [-0.05, 0) is 32.1 Å². The Balaban J connectivity index is 2.41. The first kappa shape index (κ1) is 16.1. The molecule has 0 aromatic rings. The number of hydrogen-bond acceptors (Lipinski definition) is 4. The first-order valence-electron chi connectivity index (χ1n) is 8.41. The van der Waals surface area contributed by atoms with Crippen LogP contribution in [0.15, 0.2) is 9.98 Å². The number of nitrogens with zero attached hydrogens (tertiary/aromatic N) is 2. The van der Waals surface area contributed by atoms with Crippen LogP contribution in [0.5, 0.6) is 0 Å². The van der Waals surface area contributed by atoms with Gasteiger partial charge in [-0.15, -0.1) is 0 Å². The number of isocyanates is 2. The topological polar surface area (TPSA) is 58.9 Å². The van der Waals surface area contributed by atoms with Crippen LogP contribution in [0, 0.1) is 5.92 Å². The fraction of sp³-hybridized carbons (Fsp3) is 0.882. The molecule has 4 nitrogen and oxygen atoms in total. The summed E-state index contributed by atoms with van der Waals surface area (Å²) in [6.07, 6.45) is 15.1. The van der Waals surface area contributed by atoms with Crippen molar-refractivity contribution in [1.82, 2.24) is 0 Å². The molecule has 0 bridgehead atoms. The van der Waals surface area contributed by atoms with Gasteiger partial charge in [0.25, 0.3) is 0 Å². The van der Waals surface area contributed by atoms with Crippen LogP contribution in [0.3, 0.4) is 0 Å². The fourth-order valence-corrected chi connectivity index (χ4v) is 4.85. The predicted octanol–water partition coefficient (Wildman–Crippen LogP) is 4.09. The van der Waals surface area contributed by atoms with Gasteiger partial charge in [0.1, 0.15) is 0 Å². The summed E-state index contributed by atoms with van der Waals surface area (Å²) >= 11 is 0. The fourth-order valence-electron chi connectivity index (χ4n) is 4.85. The number of aliphatic imine (C=N–C) groups is 2. The summed E-state index contributed by atoms with van der Waals surface area (Å²) in [6.45, 7) is 2.14. The van der Waals surface area contributed by atoms with Crippen LogP contribution in [-0.4, -0.2) is 23.2 Å². The highest BCUT2D eigenvalue weighted by Gasteiger charge is 2.51. The zero-order valence-electron chi connectivity index (χ0n) is 13.1. The van der Waals surface area contributed by atoms with E-state index in [1.807, 2.05) is 12.2 Å². The second kappa shape index (κ2) is 7.15. The Morgan fingerprint density at radius 3 is 1.48 bits per heavy atom. The first-order valence-corrected chi connectivity index (χ1v) is 8.41. The summed E-state index contributed by atoms with van der Waals surface area (Å²) in [5.74, 6) is 0.161. The minimum Gasteiger partial charge on any atom is -0.211 e. The van der Waals surface area contributed by atoms with Gasteiger partial charge in [-0.1, -0.05) is 45.4 Å². The summed E-state index contributed by atoms with van der Waals surface area (Å²) in [7, 11) is 0. The maximum atomic E-state index is 11.0. The smallest absolute Gasteiger partial charge is 0.211 e. The van der Waals surface area contributed by atoms with Gasteiger partial charge in [0.2, 0.25) is 12.2 Å². The molecule has 2 saturated carbocycles. The number of hydrogen-bond donors (Lipinski definition) is 0. The lowest BCUT2D eigenvalue weighted by Crippen LogP contribution is -2.51. The van der Waals surface area contributed by atoms with Crippen LogP contribution >= 0.6 is 0 Å². The molecule has 4 heteroatoms. The van der Waals surface area contributed by atoms with Gasteiger partial charge in [0.05, 0.1) is 11.1 Å². The van der Waals surface area contributed by atoms with Gasteiger partial charge < -0.3 is 0 Å². The maximum absolute atomic E-state index is 11.0. The molecule has 2 fully saturated rings. The van der Waals surface area contributed by atoms with Gasteiger partial charge in [-0.2, -0.15) is 9.98 Å². The average Bonchev–Trinajstić information content (AvgIpc) is 2.50. The van der Waals surface area contributed by atoms with Crippen molar-refractivity contribution in [3.8, 4) is 0 Å². The maximum Gasteiger partial charge on any atom is 0.235 e. The molecule has 21 heavy (non-hydrogen) atoms. The second-order valence-corrected chi connectivity index (χ2v) is 6.70. The summed E-state index contributed by atoms with van der Waals surface area (Å²) in [6, 6.07) is 0. The van der Waals surface area contributed by atoms with Crippen LogP contribution in [0.2, 0.25) is 0 Å². The third-order valence-corrected chi connectivity index (χ3v) is 5.68. The van der Waals surface area contributed by atoms with E-state index in [2.05, 4.69) is 16.9 Å². The van der Waals surface area contributed by atoms with Gasteiger partial charge in [0, 0.05) is 5.92 Å². The van der Waals surface area contributed by atoms with Gasteiger partial charge in [-0.3, -0.25) is 0 Å². The van der Waals surface area contributed by atoms with E-state index < -0.39 is 0 Å². The van der Waals surface area contributed by atoms with Gasteiger partial charge >= 0.3 is 0 Å². The summed E-state index contributed by atoms with van der Waals surface area (Å²) in [4.78, 5) is 30.7. The SMILES string of the molecule is CCC(C1(N=C=O)CCCCC1)C1(N=C=O)CCCCC1. The van der Waals surface area contributed by atoms with Crippen molar-refractivity contribution in [2.45, 2.75) is 88.6 Å². The summed E-state index contributed by atoms with van der Waals surface area (Å²) in [5.41, 5.74) is -0.709. The Bertz CT molecular complexity index is 396. The van der Waals surface area contributed by atoms with Crippen LogP contribution in [0.25, 0.3) is 0 Å². The summed E-state index contributed by atoms with van der Waals surface area (Å²) < 4.78 is 0. The predicted molar refractivity (Wildman–Crippen MR) is 81.7 cm³/mol. The van der Waals surface area contributed by atoms with Gasteiger partial charge in [0.15, 0.2) is 0 Å². The van der Waals surface area contributed by atoms with Crippen molar-refractivity contribution in [2.75, 3.05) is 0 Å². The van der Waals surface area contributed by atoms with Crippen molar-refractivity contribution < 1.29 is 9.59 Å². The molecule has 0 heterocycles. The van der Waals surface area contributed by atoms with Crippen LogP contribution < -0.4 is 0 Å². The van der Waals surface area contributed by atoms with Crippen LogP contribution in [0.4, 0.5) is 0 Å². The molecule has 0 N–H and O–H groups in total. The zero-order chi connectivity index (χ0) is 15.2. The van der Waals surface area contributed by atoms with E-state index in [0.29, 0.717) is 0 Å². The standard InChI is InChI=1S/C17H26N2O2/c1-2-15(16(18-13-20)9-5-3-6-10-16)17(19-14-21)11-7-4-8-12-17/h15H,2-12H2,1H3. The van der Waals surface area contributed by atoms with Crippen molar-refractivity contribution in [3.63, 3.8) is 0 Å². The molecular weight excluding hydrogens is 264 g/mol. The number of rotatable bonds is 5. The number of carbonyl (C=O) groups excluding carboxylic acids is 2. The molecule has 116 valence electrons. The summed E-state index contributed by atoms with van der Waals surface area (Å²) in [5, 5.41) is 0. The van der Waals surface area contributed by atoms with E-state index in [0.717, 1.165) is 57.8 Å². The molecule has 0 radical (unpaired) electrons. The van der Waals surface area contributed by atoms with Crippen molar-refractivity contribution in [3.05, 3.63) is 0 Å². The van der Waals surface area contributed by atoms with E-state index in [-0.39, 0.29) is 17.0 Å². The highest BCUT2D eigenvalue weighted by Crippen LogP contribution is 2.50. The Kier molecular flexibility index (Phi) is 5.50. The molecular formula is C17H26N2O2. The Morgan fingerprint density at radius 2 is 1.19 bits per heavy atom.